The average Bonchev–Trinajstić information content (AvgIpc) is 3.45. The normalized spacial score (nSPS) is 17.5. The summed E-state index contributed by atoms with van der Waals surface area (Å²) >= 11 is 0. The molecule has 6 nitrogen and oxygen atoms in total. The Labute approximate surface area is 148 Å². The number of benzene rings is 1. The van der Waals surface area contributed by atoms with E-state index in [1.165, 1.54) is 18.5 Å². The van der Waals surface area contributed by atoms with Crippen LogP contribution in [0, 0.1) is 6.92 Å². The molecule has 2 fully saturated rings. The van der Waals surface area contributed by atoms with Crippen LogP contribution in [0.15, 0.2) is 30.3 Å². The van der Waals surface area contributed by atoms with Crippen LogP contribution >= 0.6 is 0 Å². The van der Waals surface area contributed by atoms with E-state index in [0.29, 0.717) is 6.04 Å². The number of hydrogen-bond donors (Lipinski definition) is 1. The van der Waals surface area contributed by atoms with Gasteiger partial charge >= 0.3 is 0 Å². The molecule has 0 atom stereocenters. The van der Waals surface area contributed by atoms with Crippen LogP contribution in [0.3, 0.4) is 0 Å². The molecule has 0 bridgehead atoms. The van der Waals surface area contributed by atoms with Crippen molar-refractivity contribution in [3.8, 4) is 5.75 Å². The van der Waals surface area contributed by atoms with Gasteiger partial charge in [0.25, 0.3) is 0 Å². The number of aromatic nitrogens is 2. The monoisotopic (exact) mass is 339 g/mol. The van der Waals surface area contributed by atoms with Gasteiger partial charge in [-0.1, -0.05) is 0 Å². The lowest BCUT2D eigenvalue weighted by molar-refractivity contribution is 0.415. The van der Waals surface area contributed by atoms with Gasteiger partial charge in [0.05, 0.1) is 7.11 Å². The highest BCUT2D eigenvalue weighted by atomic mass is 16.5. The molecule has 6 heteroatoms. The van der Waals surface area contributed by atoms with Crippen molar-refractivity contribution in [2.24, 2.45) is 0 Å². The zero-order valence-electron chi connectivity index (χ0n) is 14.9. The predicted octanol–water partition coefficient (Wildman–Crippen LogP) is 2.69. The number of aryl methyl sites for hydroxylation is 1. The molecule has 2 aromatic rings. The summed E-state index contributed by atoms with van der Waals surface area (Å²) in [4.78, 5) is 14.1. The summed E-state index contributed by atoms with van der Waals surface area (Å²) in [5, 5.41) is 3.48. The molecule has 1 aromatic carbocycles. The fraction of sp³-hybridized carbons (Fsp3) is 0.474. The fourth-order valence-corrected chi connectivity index (χ4v) is 3.16. The smallest absolute Gasteiger partial charge is 0.227 e. The fourth-order valence-electron chi connectivity index (χ4n) is 3.16. The number of piperazine rings is 1. The number of nitrogens with one attached hydrogen (secondary N) is 1. The summed E-state index contributed by atoms with van der Waals surface area (Å²) in [6, 6.07) is 10.9. The van der Waals surface area contributed by atoms with Gasteiger partial charge in [0, 0.05) is 49.7 Å². The maximum absolute atomic E-state index is 5.24. The Hall–Kier alpha value is -2.50. The second-order valence-corrected chi connectivity index (χ2v) is 6.79. The number of anilines is 3. The first-order valence-corrected chi connectivity index (χ1v) is 8.97. The number of ether oxygens (including phenoxy) is 1. The molecule has 132 valence electrons. The molecule has 1 aliphatic carbocycles. The molecule has 0 amide bonds. The standard InChI is InChI=1S/C19H25N5O/c1-14-13-18(21-15-3-4-15)22-19(20-14)24-11-9-23(10-12-24)16-5-7-17(25-2)8-6-16/h5-8,13,15H,3-4,9-12H2,1-2H3,(H,20,21,22). The van der Waals surface area contributed by atoms with Gasteiger partial charge < -0.3 is 19.9 Å². The van der Waals surface area contributed by atoms with Gasteiger partial charge in [-0.3, -0.25) is 0 Å². The van der Waals surface area contributed by atoms with Gasteiger partial charge in [-0.05, 0) is 44.0 Å². The first-order chi connectivity index (χ1) is 12.2. The highest BCUT2D eigenvalue weighted by Gasteiger charge is 2.23. The molecule has 2 aliphatic rings. The molecule has 1 aliphatic heterocycles. The van der Waals surface area contributed by atoms with Gasteiger partial charge in [-0.15, -0.1) is 0 Å². The Morgan fingerprint density at radius 1 is 1.00 bits per heavy atom. The lowest BCUT2D eigenvalue weighted by atomic mass is 10.2. The summed E-state index contributed by atoms with van der Waals surface area (Å²) in [5.74, 6) is 2.70. The molecule has 4 rings (SSSR count). The molecular formula is C19H25N5O. The van der Waals surface area contributed by atoms with Gasteiger partial charge in [0.2, 0.25) is 5.95 Å². The minimum atomic E-state index is 0.606. The highest BCUT2D eigenvalue weighted by Crippen LogP contribution is 2.26. The number of methoxy groups -OCH3 is 1. The van der Waals surface area contributed by atoms with Crippen molar-refractivity contribution in [1.29, 1.82) is 0 Å². The molecule has 0 unspecified atom stereocenters. The second-order valence-electron chi connectivity index (χ2n) is 6.79. The van der Waals surface area contributed by atoms with Gasteiger partial charge in [0.1, 0.15) is 11.6 Å². The minimum absolute atomic E-state index is 0.606. The van der Waals surface area contributed by atoms with Crippen LogP contribution in [0.1, 0.15) is 18.5 Å². The van der Waals surface area contributed by atoms with Crippen molar-refractivity contribution in [3.63, 3.8) is 0 Å². The Kier molecular flexibility index (Phi) is 4.34. The van der Waals surface area contributed by atoms with Crippen molar-refractivity contribution in [2.75, 3.05) is 48.4 Å². The molecule has 1 saturated heterocycles. The van der Waals surface area contributed by atoms with Crippen molar-refractivity contribution < 1.29 is 4.74 Å². The van der Waals surface area contributed by atoms with E-state index >= 15 is 0 Å². The molecule has 0 radical (unpaired) electrons. The third-order valence-electron chi connectivity index (χ3n) is 4.77. The molecule has 1 N–H and O–H groups in total. The number of rotatable bonds is 5. The van der Waals surface area contributed by atoms with E-state index in [-0.39, 0.29) is 0 Å². The molecule has 25 heavy (non-hydrogen) atoms. The quantitative estimate of drug-likeness (QED) is 0.904. The Balaban J connectivity index is 1.41. The summed E-state index contributed by atoms with van der Waals surface area (Å²) in [6.45, 7) is 5.83. The van der Waals surface area contributed by atoms with Crippen LogP contribution in [0.5, 0.6) is 5.75 Å². The molecule has 0 spiro atoms. The van der Waals surface area contributed by atoms with E-state index in [4.69, 9.17) is 9.72 Å². The summed E-state index contributed by atoms with van der Waals surface area (Å²) in [6.07, 6.45) is 2.50. The van der Waals surface area contributed by atoms with Crippen LogP contribution in [0.2, 0.25) is 0 Å². The van der Waals surface area contributed by atoms with E-state index in [0.717, 1.165) is 49.4 Å². The van der Waals surface area contributed by atoms with Crippen LogP contribution in [0.4, 0.5) is 17.5 Å². The van der Waals surface area contributed by atoms with Crippen molar-refractivity contribution in [3.05, 3.63) is 36.0 Å². The third kappa shape index (κ3) is 3.78. The lowest BCUT2D eigenvalue weighted by Crippen LogP contribution is -2.47. The Bertz CT molecular complexity index is 721. The van der Waals surface area contributed by atoms with E-state index in [1.807, 2.05) is 25.1 Å². The first-order valence-electron chi connectivity index (χ1n) is 8.97. The van der Waals surface area contributed by atoms with Crippen LogP contribution in [-0.4, -0.2) is 49.3 Å². The van der Waals surface area contributed by atoms with E-state index in [2.05, 4.69) is 32.2 Å². The van der Waals surface area contributed by atoms with Crippen molar-refractivity contribution >= 4 is 17.5 Å². The predicted molar refractivity (Wildman–Crippen MR) is 101 cm³/mol. The Morgan fingerprint density at radius 3 is 2.32 bits per heavy atom. The minimum Gasteiger partial charge on any atom is -0.497 e. The van der Waals surface area contributed by atoms with Crippen LogP contribution in [0.25, 0.3) is 0 Å². The molecular weight excluding hydrogens is 314 g/mol. The SMILES string of the molecule is COc1ccc(N2CCN(c3nc(C)cc(NC4CC4)n3)CC2)cc1. The van der Waals surface area contributed by atoms with Crippen molar-refractivity contribution in [1.82, 2.24) is 9.97 Å². The average molecular weight is 339 g/mol. The van der Waals surface area contributed by atoms with Gasteiger partial charge in [-0.2, -0.15) is 4.98 Å². The van der Waals surface area contributed by atoms with Gasteiger partial charge in [-0.25, -0.2) is 4.98 Å². The van der Waals surface area contributed by atoms with Crippen LogP contribution in [-0.2, 0) is 0 Å². The van der Waals surface area contributed by atoms with E-state index in [1.54, 1.807) is 7.11 Å². The number of nitrogens with zero attached hydrogens (tertiary/aromatic N) is 4. The van der Waals surface area contributed by atoms with E-state index in [9.17, 15) is 0 Å². The van der Waals surface area contributed by atoms with Gasteiger partial charge in [0.15, 0.2) is 0 Å². The highest BCUT2D eigenvalue weighted by molar-refractivity contribution is 5.51. The summed E-state index contributed by atoms with van der Waals surface area (Å²) < 4.78 is 5.24. The Morgan fingerprint density at radius 2 is 1.68 bits per heavy atom. The second kappa shape index (κ2) is 6.78. The topological polar surface area (TPSA) is 53.5 Å². The van der Waals surface area contributed by atoms with Crippen molar-refractivity contribution in [2.45, 2.75) is 25.8 Å². The first kappa shape index (κ1) is 16.0. The zero-order valence-corrected chi connectivity index (χ0v) is 14.9. The maximum atomic E-state index is 5.24. The van der Waals surface area contributed by atoms with E-state index < -0.39 is 0 Å². The zero-order chi connectivity index (χ0) is 17.2. The lowest BCUT2D eigenvalue weighted by Gasteiger charge is -2.36. The summed E-state index contributed by atoms with van der Waals surface area (Å²) in [5.41, 5.74) is 2.26. The summed E-state index contributed by atoms with van der Waals surface area (Å²) in [7, 11) is 1.70. The number of hydrogen-bond acceptors (Lipinski definition) is 6. The van der Waals surface area contributed by atoms with Crippen LogP contribution < -0.4 is 19.9 Å². The maximum Gasteiger partial charge on any atom is 0.227 e. The molecule has 1 saturated carbocycles. The largest absolute Gasteiger partial charge is 0.497 e. The molecule has 1 aromatic heterocycles. The molecule has 2 heterocycles. The third-order valence-corrected chi connectivity index (χ3v) is 4.77.